The number of nitrogens with one attached hydrogen (secondary N) is 1. The molecule has 1 fully saturated rings. The summed E-state index contributed by atoms with van der Waals surface area (Å²) in [6.07, 6.45) is 4.93. The first-order valence-electron chi connectivity index (χ1n) is 5.62. The fraction of sp³-hybridized carbons (Fsp3) is 0.700. The molecule has 0 spiro atoms. The van der Waals surface area contributed by atoms with E-state index in [0.717, 1.165) is 41.7 Å². The van der Waals surface area contributed by atoms with Crippen molar-refractivity contribution in [2.75, 3.05) is 13.1 Å². The number of hydrogen-bond acceptors (Lipinski definition) is 6. The van der Waals surface area contributed by atoms with Gasteiger partial charge in [-0.2, -0.15) is 4.98 Å². The molecule has 6 heteroatoms. The topological polar surface area (TPSA) is 63.3 Å². The maximum atomic E-state index is 4.67. The normalized spacial score (nSPS) is 24.5. The van der Waals surface area contributed by atoms with Gasteiger partial charge < -0.3 is 9.84 Å². The minimum absolute atomic E-state index is 0.729. The smallest absolute Gasteiger partial charge is 0.213 e. The molecule has 0 amide bonds. The highest BCUT2D eigenvalue weighted by atomic mass is 32.2. The first-order valence-corrected chi connectivity index (χ1v) is 6.50. The van der Waals surface area contributed by atoms with E-state index < -0.39 is 0 Å². The van der Waals surface area contributed by atoms with Crippen molar-refractivity contribution in [3.63, 3.8) is 0 Å². The quantitative estimate of drug-likeness (QED) is 0.850. The Labute approximate surface area is 98.1 Å². The number of hydrogen-bond donors (Lipinski definition) is 1. The first kappa shape index (κ1) is 10.1. The standard InChI is InChI=1S/C10H14N4OS/c1-2-7(1)8-5-12-10(16-8)11-4-3-9-13-6-15-14-9/h6-8H,1-5H2,(H,11,12). The van der Waals surface area contributed by atoms with Crippen molar-refractivity contribution in [1.82, 2.24) is 15.5 Å². The molecule has 1 unspecified atom stereocenters. The van der Waals surface area contributed by atoms with Crippen LogP contribution in [-0.4, -0.2) is 33.6 Å². The Balaban J connectivity index is 1.39. The summed E-state index contributed by atoms with van der Waals surface area (Å²) in [6.45, 7) is 1.81. The highest BCUT2D eigenvalue weighted by Crippen LogP contribution is 2.41. The second-order valence-electron chi connectivity index (χ2n) is 4.16. The molecule has 3 rings (SSSR count). The highest BCUT2D eigenvalue weighted by molar-refractivity contribution is 8.14. The zero-order valence-corrected chi connectivity index (χ0v) is 9.74. The largest absolute Gasteiger partial charge is 0.364 e. The monoisotopic (exact) mass is 238 g/mol. The molecule has 0 radical (unpaired) electrons. The lowest BCUT2D eigenvalue weighted by molar-refractivity contribution is 0.410. The van der Waals surface area contributed by atoms with E-state index in [9.17, 15) is 0 Å². The Morgan fingerprint density at radius 3 is 3.19 bits per heavy atom. The Morgan fingerprint density at radius 2 is 2.44 bits per heavy atom. The van der Waals surface area contributed by atoms with Gasteiger partial charge in [-0.15, -0.1) is 0 Å². The fourth-order valence-corrected chi connectivity index (χ4v) is 3.02. The predicted molar refractivity (Wildman–Crippen MR) is 62.4 cm³/mol. The second kappa shape index (κ2) is 4.45. The number of nitrogens with zero attached hydrogens (tertiary/aromatic N) is 3. The third-order valence-corrected chi connectivity index (χ3v) is 4.19. The molecule has 5 nitrogen and oxygen atoms in total. The van der Waals surface area contributed by atoms with Crippen molar-refractivity contribution < 1.29 is 4.52 Å². The molecule has 0 saturated heterocycles. The molecule has 2 aliphatic rings. The van der Waals surface area contributed by atoms with Crippen molar-refractivity contribution in [2.24, 2.45) is 10.9 Å². The maximum Gasteiger partial charge on any atom is 0.213 e. The Bertz CT molecular complexity index is 374. The Hall–Kier alpha value is -1.04. The highest BCUT2D eigenvalue weighted by Gasteiger charge is 2.35. The minimum atomic E-state index is 0.729. The van der Waals surface area contributed by atoms with Gasteiger partial charge in [0.1, 0.15) is 0 Å². The molecular formula is C10H14N4OS. The summed E-state index contributed by atoms with van der Waals surface area (Å²) in [5.41, 5.74) is 0. The average Bonchev–Trinajstić information content (AvgIpc) is 2.83. The van der Waals surface area contributed by atoms with Gasteiger partial charge >= 0.3 is 0 Å². The van der Waals surface area contributed by atoms with E-state index in [4.69, 9.17) is 0 Å². The van der Waals surface area contributed by atoms with Crippen LogP contribution in [0.5, 0.6) is 0 Å². The van der Waals surface area contributed by atoms with Gasteiger partial charge in [-0.05, 0) is 18.8 Å². The van der Waals surface area contributed by atoms with Gasteiger partial charge in [-0.25, -0.2) is 0 Å². The second-order valence-corrected chi connectivity index (χ2v) is 5.39. The first-order chi connectivity index (χ1) is 7.92. The zero-order chi connectivity index (χ0) is 10.8. The van der Waals surface area contributed by atoms with E-state index >= 15 is 0 Å². The van der Waals surface area contributed by atoms with Gasteiger partial charge in [-0.3, -0.25) is 4.99 Å². The van der Waals surface area contributed by atoms with Crippen LogP contribution < -0.4 is 5.32 Å². The van der Waals surface area contributed by atoms with Crippen molar-refractivity contribution in [3.8, 4) is 0 Å². The van der Waals surface area contributed by atoms with Crippen LogP contribution in [0.1, 0.15) is 18.7 Å². The number of aliphatic imine (C=N–C) groups is 1. The Morgan fingerprint density at radius 1 is 1.50 bits per heavy atom. The minimum Gasteiger partial charge on any atom is -0.364 e. The van der Waals surface area contributed by atoms with Crippen molar-refractivity contribution >= 4 is 16.9 Å². The van der Waals surface area contributed by atoms with Crippen LogP contribution in [0.4, 0.5) is 0 Å². The van der Waals surface area contributed by atoms with Crippen LogP contribution in [-0.2, 0) is 6.42 Å². The molecular weight excluding hydrogens is 224 g/mol. The molecule has 0 bridgehead atoms. The molecule has 0 aromatic carbocycles. The number of rotatable bonds is 4. The van der Waals surface area contributed by atoms with Gasteiger partial charge in [0.05, 0.1) is 6.54 Å². The SMILES string of the molecule is c1nc(CCNC2=NCC(C3CC3)S2)no1. The molecule has 1 saturated carbocycles. The van der Waals surface area contributed by atoms with Gasteiger partial charge in [0.2, 0.25) is 6.39 Å². The maximum absolute atomic E-state index is 4.67. The lowest BCUT2D eigenvalue weighted by atomic mass is 10.3. The summed E-state index contributed by atoms with van der Waals surface area (Å²) in [5.74, 6) is 1.67. The van der Waals surface area contributed by atoms with Crippen LogP contribution in [0.2, 0.25) is 0 Å². The van der Waals surface area contributed by atoms with E-state index in [-0.39, 0.29) is 0 Å². The lowest BCUT2D eigenvalue weighted by Gasteiger charge is -2.06. The molecule has 1 aliphatic heterocycles. The van der Waals surface area contributed by atoms with E-state index in [1.54, 1.807) is 0 Å². The van der Waals surface area contributed by atoms with Crippen molar-refractivity contribution in [3.05, 3.63) is 12.2 Å². The average molecular weight is 238 g/mol. The summed E-state index contributed by atoms with van der Waals surface area (Å²) < 4.78 is 4.67. The summed E-state index contributed by atoms with van der Waals surface area (Å²) >= 11 is 1.89. The third kappa shape index (κ3) is 2.37. The molecule has 2 heterocycles. The lowest BCUT2D eigenvalue weighted by Crippen LogP contribution is -2.22. The van der Waals surface area contributed by atoms with E-state index in [1.165, 1.54) is 19.2 Å². The molecule has 86 valence electrons. The van der Waals surface area contributed by atoms with Crippen LogP contribution in [0.3, 0.4) is 0 Å². The van der Waals surface area contributed by atoms with Gasteiger partial charge in [-0.1, -0.05) is 16.9 Å². The van der Waals surface area contributed by atoms with Crippen LogP contribution in [0, 0.1) is 5.92 Å². The van der Waals surface area contributed by atoms with Crippen LogP contribution in [0.15, 0.2) is 15.9 Å². The summed E-state index contributed by atoms with van der Waals surface area (Å²) in [6, 6.07) is 0. The Kier molecular flexibility index (Phi) is 2.82. The summed E-state index contributed by atoms with van der Waals surface area (Å²) in [4.78, 5) is 8.47. The molecule has 1 aromatic rings. The van der Waals surface area contributed by atoms with E-state index in [1.807, 2.05) is 11.8 Å². The number of thioether (sulfide) groups is 1. The number of amidine groups is 1. The summed E-state index contributed by atoms with van der Waals surface area (Å²) in [7, 11) is 0. The predicted octanol–water partition coefficient (Wildman–Crippen LogP) is 1.08. The molecule has 1 aromatic heterocycles. The fourth-order valence-electron chi connectivity index (χ4n) is 1.79. The number of aromatic nitrogens is 2. The van der Waals surface area contributed by atoms with Gasteiger partial charge in [0, 0.05) is 18.2 Å². The van der Waals surface area contributed by atoms with Crippen molar-refractivity contribution in [1.29, 1.82) is 0 Å². The van der Waals surface area contributed by atoms with E-state index in [2.05, 4.69) is 25.0 Å². The van der Waals surface area contributed by atoms with E-state index in [0.29, 0.717) is 0 Å². The molecule has 1 N–H and O–H groups in total. The van der Waals surface area contributed by atoms with Crippen LogP contribution >= 0.6 is 11.8 Å². The molecule has 16 heavy (non-hydrogen) atoms. The van der Waals surface area contributed by atoms with Gasteiger partial charge in [0.15, 0.2) is 11.0 Å². The molecule has 1 atom stereocenters. The molecule has 1 aliphatic carbocycles. The van der Waals surface area contributed by atoms with Crippen LogP contribution in [0.25, 0.3) is 0 Å². The third-order valence-electron chi connectivity index (χ3n) is 2.86. The summed E-state index contributed by atoms with van der Waals surface area (Å²) in [5, 5.41) is 8.90. The van der Waals surface area contributed by atoms with Gasteiger partial charge in [0.25, 0.3) is 0 Å². The van der Waals surface area contributed by atoms with Crippen molar-refractivity contribution in [2.45, 2.75) is 24.5 Å². The zero-order valence-electron chi connectivity index (χ0n) is 8.93.